The van der Waals surface area contributed by atoms with Crippen LogP contribution in [-0.4, -0.2) is 27.5 Å². The highest BCUT2D eigenvalue weighted by molar-refractivity contribution is 6.40. The second kappa shape index (κ2) is 10.7. The normalized spacial score (nSPS) is 10.6. The number of nitrogens with one attached hydrogen (secondary N) is 2. The lowest BCUT2D eigenvalue weighted by Crippen LogP contribution is -2.30. The van der Waals surface area contributed by atoms with E-state index < -0.39 is 23.2 Å². The number of amides is 2. The summed E-state index contributed by atoms with van der Waals surface area (Å²) >= 11 is 5.92. The van der Waals surface area contributed by atoms with E-state index in [1.165, 1.54) is 12.1 Å². The topological polar surface area (TPSA) is 132 Å². The Hall–Kier alpha value is -4.12. The van der Waals surface area contributed by atoms with Crippen LogP contribution in [0.3, 0.4) is 0 Å². The molecule has 0 unspecified atom stereocenters. The maximum absolute atomic E-state index is 14.4. The third-order valence-corrected chi connectivity index (χ3v) is 4.63. The van der Waals surface area contributed by atoms with Crippen LogP contribution in [0.15, 0.2) is 58.6 Å². The van der Waals surface area contributed by atoms with Crippen LogP contribution in [0.1, 0.15) is 19.4 Å². The molecule has 0 aliphatic heterocycles. The molecule has 0 radical (unpaired) electrons. The van der Waals surface area contributed by atoms with E-state index in [0.29, 0.717) is 10.6 Å². The van der Waals surface area contributed by atoms with E-state index in [9.17, 15) is 23.7 Å². The van der Waals surface area contributed by atoms with Crippen LogP contribution in [0.5, 0.6) is 5.75 Å². The van der Waals surface area contributed by atoms with Crippen molar-refractivity contribution in [2.45, 2.75) is 26.5 Å². The molecule has 1 aromatic heterocycles. The molecule has 176 valence electrons. The molecule has 2 aromatic carbocycles. The van der Waals surface area contributed by atoms with Crippen LogP contribution in [-0.2, 0) is 16.1 Å². The van der Waals surface area contributed by atoms with E-state index in [2.05, 4.69) is 10.3 Å². The molecule has 10 nitrogen and oxygen atoms in total. The highest BCUT2D eigenvalue weighted by atomic mass is 35.5. The van der Waals surface area contributed by atoms with E-state index in [1.54, 1.807) is 44.2 Å². The largest absolute Gasteiger partial charge is 0.488 e. The summed E-state index contributed by atoms with van der Waals surface area (Å²) < 4.78 is 21.0. The SMILES string of the molecule is CC(C)Oc1ccc(Nc2ncc(NC(=O)C(=O)N=O)c(=O)n2Cc2ccc(Cl)cc2)cc1F. The smallest absolute Gasteiger partial charge is 0.373 e. The highest BCUT2D eigenvalue weighted by Crippen LogP contribution is 2.24. The van der Waals surface area contributed by atoms with E-state index in [1.807, 2.05) is 10.5 Å². The molecule has 0 spiro atoms. The molecule has 0 fully saturated rings. The monoisotopic (exact) mass is 487 g/mol. The van der Waals surface area contributed by atoms with Gasteiger partial charge in [0.2, 0.25) is 5.95 Å². The van der Waals surface area contributed by atoms with Crippen molar-refractivity contribution >= 4 is 40.7 Å². The van der Waals surface area contributed by atoms with Crippen LogP contribution < -0.4 is 20.9 Å². The summed E-state index contributed by atoms with van der Waals surface area (Å²) in [6.07, 6.45) is 0.787. The minimum absolute atomic E-state index is 0.00799. The van der Waals surface area contributed by atoms with Crippen LogP contribution in [0.2, 0.25) is 5.02 Å². The Kier molecular flexibility index (Phi) is 7.69. The molecule has 3 aromatic rings. The number of benzene rings is 2. The quantitative estimate of drug-likeness (QED) is 0.382. The summed E-state index contributed by atoms with van der Waals surface area (Å²) in [7, 11) is 0. The number of nitroso groups, excluding NO2 is 1. The van der Waals surface area contributed by atoms with Crippen molar-refractivity contribution in [3.63, 3.8) is 0 Å². The van der Waals surface area contributed by atoms with Crippen molar-refractivity contribution in [3.8, 4) is 5.75 Å². The Morgan fingerprint density at radius 2 is 1.91 bits per heavy atom. The molecule has 0 bridgehead atoms. The van der Waals surface area contributed by atoms with E-state index >= 15 is 0 Å². The molecular weight excluding hydrogens is 469 g/mol. The second-order valence-corrected chi connectivity index (χ2v) is 7.74. The molecule has 2 N–H and O–H groups in total. The first-order chi connectivity index (χ1) is 16.2. The fourth-order valence-corrected chi connectivity index (χ4v) is 3.00. The molecule has 0 aliphatic rings. The first-order valence-electron chi connectivity index (χ1n) is 9.94. The number of carbonyl (C=O) groups excluding carboxylic acids is 2. The third-order valence-electron chi connectivity index (χ3n) is 4.38. The maximum atomic E-state index is 14.4. The van der Waals surface area contributed by atoms with Gasteiger partial charge in [0.1, 0.15) is 5.69 Å². The molecule has 0 saturated carbocycles. The number of carbonyl (C=O) groups is 2. The Balaban J connectivity index is 1.99. The molecule has 2 amide bonds. The van der Waals surface area contributed by atoms with Crippen molar-refractivity contribution < 1.29 is 18.7 Å². The number of hydrogen-bond acceptors (Lipinski definition) is 7. The Morgan fingerprint density at radius 1 is 1.21 bits per heavy atom. The second-order valence-electron chi connectivity index (χ2n) is 7.30. The lowest BCUT2D eigenvalue weighted by atomic mass is 10.2. The van der Waals surface area contributed by atoms with Crippen molar-refractivity contribution in [1.29, 1.82) is 0 Å². The third kappa shape index (κ3) is 6.01. The van der Waals surface area contributed by atoms with Gasteiger partial charge in [0, 0.05) is 22.0 Å². The predicted molar refractivity (Wildman–Crippen MR) is 124 cm³/mol. The summed E-state index contributed by atoms with van der Waals surface area (Å²) in [4.78, 5) is 50.4. The Bertz CT molecular complexity index is 1290. The van der Waals surface area contributed by atoms with Gasteiger partial charge in [-0.2, -0.15) is 0 Å². The van der Waals surface area contributed by atoms with E-state index in [0.717, 1.165) is 10.8 Å². The van der Waals surface area contributed by atoms with Crippen LogP contribution in [0, 0.1) is 10.7 Å². The number of aromatic nitrogens is 2. The molecule has 0 saturated heterocycles. The molecule has 34 heavy (non-hydrogen) atoms. The van der Waals surface area contributed by atoms with Crippen molar-refractivity contribution in [1.82, 2.24) is 9.55 Å². The van der Waals surface area contributed by atoms with Crippen molar-refractivity contribution in [3.05, 3.63) is 80.3 Å². The number of nitrogens with zero attached hydrogens (tertiary/aromatic N) is 3. The average Bonchev–Trinajstić information content (AvgIpc) is 2.80. The first kappa shape index (κ1) is 24.5. The van der Waals surface area contributed by atoms with Gasteiger partial charge in [-0.1, -0.05) is 23.7 Å². The minimum atomic E-state index is -1.59. The van der Waals surface area contributed by atoms with E-state index in [-0.39, 0.29) is 35.7 Å². The fraction of sp³-hybridized carbons (Fsp3) is 0.182. The summed E-state index contributed by atoms with van der Waals surface area (Å²) in [5.74, 6) is -3.50. The average molecular weight is 488 g/mol. The van der Waals surface area contributed by atoms with Gasteiger partial charge in [0.05, 0.1) is 18.8 Å². The summed E-state index contributed by atoms with van der Waals surface area (Å²) in [5.41, 5.74) is -0.145. The number of hydrogen-bond donors (Lipinski definition) is 2. The van der Waals surface area contributed by atoms with Gasteiger partial charge in [-0.05, 0) is 43.7 Å². The van der Waals surface area contributed by atoms with Gasteiger partial charge in [0.15, 0.2) is 11.6 Å². The fourth-order valence-electron chi connectivity index (χ4n) is 2.87. The molecule has 12 heteroatoms. The summed E-state index contributed by atoms with van der Waals surface area (Å²) in [5, 5.41) is 7.39. The van der Waals surface area contributed by atoms with Gasteiger partial charge in [-0.3, -0.25) is 19.0 Å². The summed E-state index contributed by atoms with van der Waals surface area (Å²) in [6, 6.07) is 10.8. The van der Waals surface area contributed by atoms with Crippen molar-refractivity contribution in [2.75, 3.05) is 10.6 Å². The number of rotatable bonds is 7. The van der Waals surface area contributed by atoms with Gasteiger partial charge in [-0.15, -0.1) is 4.91 Å². The van der Waals surface area contributed by atoms with E-state index in [4.69, 9.17) is 16.3 Å². The lowest BCUT2D eigenvalue weighted by molar-refractivity contribution is -0.134. The van der Waals surface area contributed by atoms with Gasteiger partial charge in [-0.25, -0.2) is 9.37 Å². The summed E-state index contributed by atoms with van der Waals surface area (Å²) in [6.45, 7) is 3.53. The molecule has 0 atom stereocenters. The van der Waals surface area contributed by atoms with Crippen LogP contribution in [0.4, 0.5) is 21.7 Å². The van der Waals surface area contributed by atoms with Gasteiger partial charge in [0.25, 0.3) is 5.56 Å². The molecular formula is C22H19ClFN5O5. The predicted octanol–water partition coefficient (Wildman–Crippen LogP) is 3.85. The Morgan fingerprint density at radius 3 is 2.53 bits per heavy atom. The van der Waals surface area contributed by atoms with Crippen LogP contribution >= 0.6 is 11.6 Å². The zero-order valence-corrected chi connectivity index (χ0v) is 18.8. The van der Waals surface area contributed by atoms with Crippen molar-refractivity contribution in [2.24, 2.45) is 5.18 Å². The van der Waals surface area contributed by atoms with Gasteiger partial charge >= 0.3 is 11.8 Å². The molecule has 3 rings (SSSR count). The zero-order chi connectivity index (χ0) is 24.8. The number of halogens is 2. The van der Waals surface area contributed by atoms with Gasteiger partial charge < -0.3 is 15.4 Å². The Labute approximate surface area is 197 Å². The standard InChI is InChI=1S/C22H19ClFN5O5/c1-12(2)34-18-8-7-15(9-16(18)24)26-22-25-10-17(27-19(30)20(31)28-33)21(32)29(22)11-13-3-5-14(23)6-4-13/h3-10,12H,11H2,1-2H3,(H,25,26)(H,27,30). The molecule has 1 heterocycles. The zero-order valence-electron chi connectivity index (χ0n) is 18.0. The molecule has 0 aliphatic carbocycles. The number of anilines is 3. The highest BCUT2D eigenvalue weighted by Gasteiger charge is 2.19. The van der Waals surface area contributed by atoms with Crippen LogP contribution in [0.25, 0.3) is 0 Å². The maximum Gasteiger partial charge on any atom is 0.373 e. The first-order valence-corrected chi connectivity index (χ1v) is 10.3. The minimum Gasteiger partial charge on any atom is -0.488 e. The lowest BCUT2D eigenvalue weighted by Gasteiger charge is -2.16. The number of ether oxygens (including phenoxy) is 1.